The minimum Gasteiger partial charge on any atom is -0.497 e. The Morgan fingerprint density at radius 1 is 0.743 bits per heavy atom. The van der Waals surface area contributed by atoms with Crippen LogP contribution in [0.5, 0.6) is 11.5 Å². The van der Waals surface area contributed by atoms with E-state index < -0.39 is 5.91 Å². The van der Waals surface area contributed by atoms with Gasteiger partial charge in [-0.1, -0.05) is 66.2 Å². The Bertz CT molecular complexity index is 1460. The van der Waals surface area contributed by atoms with Crippen molar-refractivity contribution in [1.82, 2.24) is 0 Å². The Morgan fingerprint density at radius 2 is 1.40 bits per heavy atom. The molecule has 0 saturated heterocycles. The number of aryl methyl sites for hydroxylation is 1. The maximum atomic E-state index is 13.9. The first-order valence-electron chi connectivity index (χ1n) is 11.2. The normalized spacial score (nSPS) is 13.5. The molecule has 2 amide bonds. The van der Waals surface area contributed by atoms with Crippen LogP contribution in [-0.4, -0.2) is 26.0 Å². The van der Waals surface area contributed by atoms with Gasteiger partial charge >= 0.3 is 0 Å². The lowest BCUT2D eigenvalue weighted by Gasteiger charge is -2.18. The summed E-state index contributed by atoms with van der Waals surface area (Å²) < 4.78 is 10.7. The summed E-state index contributed by atoms with van der Waals surface area (Å²) in [5, 5.41) is 4.96. The largest absolute Gasteiger partial charge is 0.497 e. The Morgan fingerprint density at radius 3 is 2.09 bits per heavy atom. The number of hydrogen-bond acceptors (Lipinski definition) is 5. The van der Waals surface area contributed by atoms with Gasteiger partial charge in [0.25, 0.3) is 11.8 Å². The van der Waals surface area contributed by atoms with Crippen molar-refractivity contribution < 1.29 is 19.1 Å². The lowest BCUT2D eigenvalue weighted by Crippen LogP contribution is -2.32. The second-order valence-electron chi connectivity index (χ2n) is 8.29. The van der Waals surface area contributed by atoms with Gasteiger partial charge < -0.3 is 14.8 Å². The van der Waals surface area contributed by atoms with E-state index in [0.717, 1.165) is 16.3 Å². The van der Waals surface area contributed by atoms with E-state index in [-0.39, 0.29) is 11.6 Å². The van der Waals surface area contributed by atoms with Crippen LogP contribution >= 0.6 is 0 Å². The van der Waals surface area contributed by atoms with Gasteiger partial charge in [0, 0.05) is 29.3 Å². The Kier molecular flexibility index (Phi) is 5.71. The molecule has 1 aliphatic rings. The number of anilines is 2. The quantitative estimate of drug-likeness (QED) is 0.378. The molecule has 0 aliphatic carbocycles. The SMILES string of the molecule is COc1cc(NC2=C(c3ccc(C)cc3)C(=O)N(c3cccc4ccccc34)C2=O)cc(OC)c1. The average molecular weight is 465 g/mol. The topological polar surface area (TPSA) is 67.9 Å². The summed E-state index contributed by atoms with van der Waals surface area (Å²) in [5.74, 6) is 0.315. The maximum absolute atomic E-state index is 13.9. The molecule has 6 nitrogen and oxygen atoms in total. The second-order valence-corrected chi connectivity index (χ2v) is 8.29. The maximum Gasteiger partial charge on any atom is 0.282 e. The number of nitrogens with zero attached hydrogens (tertiary/aromatic N) is 1. The lowest BCUT2D eigenvalue weighted by molar-refractivity contribution is -0.120. The molecule has 1 heterocycles. The molecule has 6 heteroatoms. The third-order valence-electron chi connectivity index (χ3n) is 6.05. The van der Waals surface area contributed by atoms with E-state index in [1.54, 1.807) is 38.5 Å². The number of benzene rings is 4. The Balaban J connectivity index is 1.66. The van der Waals surface area contributed by atoms with E-state index in [1.807, 2.05) is 67.6 Å². The molecule has 5 rings (SSSR count). The van der Waals surface area contributed by atoms with E-state index >= 15 is 0 Å². The summed E-state index contributed by atoms with van der Waals surface area (Å²) in [6.07, 6.45) is 0. The summed E-state index contributed by atoms with van der Waals surface area (Å²) in [5.41, 5.74) is 3.34. The number of amides is 2. The molecule has 35 heavy (non-hydrogen) atoms. The zero-order valence-corrected chi connectivity index (χ0v) is 19.7. The highest BCUT2D eigenvalue weighted by Gasteiger charge is 2.41. The number of nitrogens with one attached hydrogen (secondary N) is 1. The summed E-state index contributed by atoms with van der Waals surface area (Å²) in [7, 11) is 3.12. The minimum atomic E-state index is -0.427. The van der Waals surface area contributed by atoms with Gasteiger partial charge in [-0.05, 0) is 23.9 Å². The fraction of sp³-hybridized carbons (Fsp3) is 0.103. The predicted octanol–water partition coefficient (Wildman–Crippen LogP) is 5.56. The van der Waals surface area contributed by atoms with E-state index in [2.05, 4.69) is 5.32 Å². The van der Waals surface area contributed by atoms with Crippen LogP contribution in [0.1, 0.15) is 11.1 Å². The van der Waals surface area contributed by atoms with Crippen LogP contribution in [0, 0.1) is 6.92 Å². The fourth-order valence-corrected chi connectivity index (χ4v) is 4.28. The van der Waals surface area contributed by atoms with Crippen molar-refractivity contribution >= 4 is 39.5 Å². The fourth-order valence-electron chi connectivity index (χ4n) is 4.28. The average Bonchev–Trinajstić information content (AvgIpc) is 3.12. The number of rotatable bonds is 6. The highest BCUT2D eigenvalue weighted by Crippen LogP contribution is 2.37. The van der Waals surface area contributed by atoms with Crippen LogP contribution in [-0.2, 0) is 9.59 Å². The van der Waals surface area contributed by atoms with Gasteiger partial charge in [0.1, 0.15) is 17.2 Å². The second kappa shape index (κ2) is 8.99. The smallest absolute Gasteiger partial charge is 0.282 e. The molecule has 0 radical (unpaired) electrons. The molecule has 0 bridgehead atoms. The highest BCUT2D eigenvalue weighted by molar-refractivity contribution is 6.47. The summed E-state index contributed by atoms with van der Waals surface area (Å²) in [4.78, 5) is 28.9. The molecule has 1 N–H and O–H groups in total. The van der Waals surface area contributed by atoms with Gasteiger partial charge in [0.2, 0.25) is 0 Å². The van der Waals surface area contributed by atoms with Gasteiger partial charge in [-0.2, -0.15) is 0 Å². The van der Waals surface area contributed by atoms with Crippen LogP contribution in [0.3, 0.4) is 0 Å². The number of methoxy groups -OCH3 is 2. The molecule has 0 fully saturated rings. The molecule has 0 unspecified atom stereocenters. The third-order valence-corrected chi connectivity index (χ3v) is 6.05. The molecule has 4 aromatic carbocycles. The number of ether oxygens (including phenoxy) is 2. The summed E-state index contributed by atoms with van der Waals surface area (Å²) in [6.45, 7) is 1.98. The Hall–Kier alpha value is -4.58. The van der Waals surface area contributed by atoms with Gasteiger partial charge in [-0.15, -0.1) is 0 Å². The number of imide groups is 1. The minimum absolute atomic E-state index is 0.196. The molecule has 4 aromatic rings. The summed E-state index contributed by atoms with van der Waals surface area (Å²) in [6, 6.07) is 26.1. The molecule has 0 atom stereocenters. The molecular formula is C29H24N2O4. The summed E-state index contributed by atoms with van der Waals surface area (Å²) >= 11 is 0. The monoisotopic (exact) mass is 464 g/mol. The first-order valence-corrected chi connectivity index (χ1v) is 11.2. The number of carbonyl (C=O) groups is 2. The highest BCUT2D eigenvalue weighted by atomic mass is 16.5. The number of carbonyl (C=O) groups excluding carboxylic acids is 2. The van der Waals surface area contributed by atoms with Gasteiger partial charge in [-0.3, -0.25) is 9.59 Å². The van der Waals surface area contributed by atoms with E-state index in [4.69, 9.17) is 9.47 Å². The lowest BCUT2D eigenvalue weighted by atomic mass is 10.0. The van der Waals surface area contributed by atoms with E-state index in [1.165, 1.54) is 4.90 Å². The molecular weight excluding hydrogens is 440 g/mol. The Labute approximate surface area is 203 Å². The molecule has 0 aromatic heterocycles. The van der Waals surface area contributed by atoms with Crippen LogP contribution in [0.4, 0.5) is 11.4 Å². The number of hydrogen-bond donors (Lipinski definition) is 1. The van der Waals surface area contributed by atoms with E-state index in [9.17, 15) is 9.59 Å². The van der Waals surface area contributed by atoms with E-state index in [0.29, 0.717) is 34.0 Å². The van der Waals surface area contributed by atoms with Crippen LogP contribution in [0.15, 0.2) is 90.6 Å². The predicted molar refractivity (Wildman–Crippen MR) is 138 cm³/mol. The van der Waals surface area contributed by atoms with Gasteiger partial charge in [0.05, 0.1) is 25.5 Å². The van der Waals surface area contributed by atoms with Crippen molar-refractivity contribution in [3.8, 4) is 11.5 Å². The van der Waals surface area contributed by atoms with Crippen LogP contribution in [0.2, 0.25) is 0 Å². The molecule has 174 valence electrons. The standard InChI is InChI=1S/C29H24N2O4/c1-18-11-13-20(14-12-18)26-27(30-21-15-22(34-2)17-23(16-21)35-3)29(33)31(28(26)32)25-10-6-8-19-7-4-5-9-24(19)25/h4-17,30H,1-3H3. The van der Waals surface area contributed by atoms with Gasteiger partial charge in [-0.25, -0.2) is 4.90 Å². The first-order chi connectivity index (χ1) is 17.0. The zero-order valence-electron chi connectivity index (χ0n) is 19.7. The van der Waals surface area contributed by atoms with Crippen molar-refractivity contribution in [2.75, 3.05) is 24.4 Å². The first kappa shape index (κ1) is 22.2. The number of fused-ring (bicyclic) bond motifs is 1. The van der Waals surface area contributed by atoms with Crippen molar-refractivity contribution in [3.05, 3.63) is 102 Å². The molecule has 1 aliphatic heterocycles. The van der Waals surface area contributed by atoms with Crippen molar-refractivity contribution in [1.29, 1.82) is 0 Å². The van der Waals surface area contributed by atoms with Gasteiger partial charge in [0.15, 0.2) is 0 Å². The van der Waals surface area contributed by atoms with Crippen molar-refractivity contribution in [2.24, 2.45) is 0 Å². The van der Waals surface area contributed by atoms with Crippen molar-refractivity contribution in [2.45, 2.75) is 6.92 Å². The van der Waals surface area contributed by atoms with Crippen LogP contribution in [0.25, 0.3) is 16.3 Å². The van der Waals surface area contributed by atoms with Crippen LogP contribution < -0.4 is 19.7 Å². The molecule has 0 spiro atoms. The molecule has 0 saturated carbocycles. The zero-order chi connectivity index (χ0) is 24.5. The van der Waals surface area contributed by atoms with Crippen molar-refractivity contribution in [3.63, 3.8) is 0 Å². The third kappa shape index (κ3) is 3.99.